The van der Waals surface area contributed by atoms with Crippen molar-refractivity contribution in [2.45, 2.75) is 0 Å². The highest BCUT2D eigenvalue weighted by molar-refractivity contribution is 6.29. The highest BCUT2D eigenvalue weighted by Gasteiger charge is 2.06. The lowest BCUT2D eigenvalue weighted by atomic mass is 10.2. The molecule has 0 bridgehead atoms. The minimum atomic E-state index is -1.03. The SMILES string of the molecule is O=C(O)/C=C/c1cccc(NC(=O)c2ccc(Cl)nc2)c1. The Balaban J connectivity index is 2.12. The molecule has 2 rings (SSSR count). The van der Waals surface area contributed by atoms with E-state index in [9.17, 15) is 9.59 Å². The van der Waals surface area contributed by atoms with Gasteiger partial charge < -0.3 is 10.4 Å². The number of hydrogen-bond donors (Lipinski definition) is 2. The van der Waals surface area contributed by atoms with Crippen LogP contribution in [0, 0.1) is 0 Å². The van der Waals surface area contributed by atoms with E-state index in [-0.39, 0.29) is 5.91 Å². The summed E-state index contributed by atoms with van der Waals surface area (Å²) in [5, 5.41) is 11.6. The molecule has 1 heterocycles. The Morgan fingerprint density at radius 3 is 2.71 bits per heavy atom. The molecule has 0 saturated heterocycles. The quantitative estimate of drug-likeness (QED) is 0.672. The van der Waals surface area contributed by atoms with E-state index in [4.69, 9.17) is 16.7 Å². The van der Waals surface area contributed by atoms with Crippen LogP contribution in [-0.4, -0.2) is 22.0 Å². The molecule has 2 aromatic rings. The number of rotatable bonds is 4. The van der Waals surface area contributed by atoms with Crippen molar-refractivity contribution in [1.82, 2.24) is 4.98 Å². The molecule has 6 heteroatoms. The van der Waals surface area contributed by atoms with E-state index in [2.05, 4.69) is 10.3 Å². The molecule has 106 valence electrons. The standard InChI is InChI=1S/C15H11ClN2O3/c16-13-6-5-11(9-17-13)15(21)18-12-3-1-2-10(8-12)4-7-14(19)20/h1-9H,(H,18,21)(H,19,20)/b7-4+. The maximum atomic E-state index is 12.0. The first-order chi connectivity index (χ1) is 10.0. The summed E-state index contributed by atoms with van der Waals surface area (Å²) in [6.07, 6.45) is 3.86. The molecule has 0 spiro atoms. The summed E-state index contributed by atoms with van der Waals surface area (Å²) < 4.78 is 0. The highest BCUT2D eigenvalue weighted by atomic mass is 35.5. The first-order valence-corrected chi connectivity index (χ1v) is 6.36. The molecule has 0 fully saturated rings. The molecule has 0 aliphatic heterocycles. The average Bonchev–Trinajstić information content (AvgIpc) is 2.46. The van der Waals surface area contributed by atoms with Crippen molar-refractivity contribution >= 4 is 35.2 Å². The number of halogens is 1. The molecule has 0 unspecified atom stereocenters. The van der Waals surface area contributed by atoms with Crippen molar-refractivity contribution in [1.29, 1.82) is 0 Å². The summed E-state index contributed by atoms with van der Waals surface area (Å²) in [4.78, 5) is 26.3. The summed E-state index contributed by atoms with van der Waals surface area (Å²) in [6, 6.07) is 9.93. The monoisotopic (exact) mass is 302 g/mol. The van der Waals surface area contributed by atoms with Crippen molar-refractivity contribution < 1.29 is 14.7 Å². The zero-order chi connectivity index (χ0) is 15.2. The van der Waals surface area contributed by atoms with Crippen molar-refractivity contribution in [3.05, 3.63) is 65.0 Å². The number of carbonyl (C=O) groups is 2. The van der Waals surface area contributed by atoms with E-state index in [1.54, 1.807) is 30.3 Å². The topological polar surface area (TPSA) is 79.3 Å². The number of aromatic nitrogens is 1. The molecule has 21 heavy (non-hydrogen) atoms. The molecular weight excluding hydrogens is 292 g/mol. The number of carbonyl (C=O) groups excluding carboxylic acids is 1. The van der Waals surface area contributed by atoms with Crippen molar-refractivity contribution in [3.8, 4) is 0 Å². The van der Waals surface area contributed by atoms with E-state index >= 15 is 0 Å². The minimum absolute atomic E-state index is 0.312. The number of carboxylic acids is 1. The number of nitrogens with one attached hydrogen (secondary N) is 1. The molecule has 1 aromatic carbocycles. The van der Waals surface area contributed by atoms with Crippen LogP contribution in [0.15, 0.2) is 48.7 Å². The normalized spacial score (nSPS) is 10.5. The number of pyridine rings is 1. The molecule has 5 nitrogen and oxygen atoms in total. The summed E-state index contributed by atoms with van der Waals surface area (Å²) in [5.41, 5.74) is 1.61. The van der Waals surface area contributed by atoms with Gasteiger partial charge in [0.2, 0.25) is 0 Å². The van der Waals surface area contributed by atoms with Crippen LogP contribution < -0.4 is 5.32 Å². The predicted molar refractivity (Wildman–Crippen MR) is 80.3 cm³/mol. The lowest BCUT2D eigenvalue weighted by Crippen LogP contribution is -2.12. The largest absolute Gasteiger partial charge is 0.478 e. The number of benzene rings is 1. The fraction of sp³-hybridized carbons (Fsp3) is 0. The molecule has 0 radical (unpaired) electrons. The third-order valence-corrected chi connectivity index (χ3v) is 2.78. The van der Waals surface area contributed by atoms with Crippen LogP contribution in [0.3, 0.4) is 0 Å². The number of amides is 1. The van der Waals surface area contributed by atoms with E-state index in [0.717, 1.165) is 6.08 Å². The predicted octanol–water partition coefficient (Wildman–Crippen LogP) is 3.09. The minimum Gasteiger partial charge on any atom is -0.478 e. The van der Waals surface area contributed by atoms with Gasteiger partial charge in [-0.15, -0.1) is 0 Å². The molecule has 0 aliphatic rings. The lowest BCUT2D eigenvalue weighted by Gasteiger charge is -2.06. The Morgan fingerprint density at radius 2 is 2.05 bits per heavy atom. The van der Waals surface area contributed by atoms with Crippen LogP contribution in [0.25, 0.3) is 6.08 Å². The van der Waals surface area contributed by atoms with E-state index in [1.165, 1.54) is 18.3 Å². The first-order valence-electron chi connectivity index (χ1n) is 5.98. The summed E-state index contributed by atoms with van der Waals surface area (Å²) in [5.74, 6) is -1.35. The Labute approximate surface area is 125 Å². The Morgan fingerprint density at radius 1 is 1.24 bits per heavy atom. The third kappa shape index (κ3) is 4.43. The van der Waals surface area contributed by atoms with Gasteiger partial charge in [-0.2, -0.15) is 0 Å². The molecule has 0 atom stereocenters. The van der Waals surface area contributed by atoms with Gasteiger partial charge in [-0.05, 0) is 35.9 Å². The van der Waals surface area contributed by atoms with Gasteiger partial charge in [0.1, 0.15) is 5.15 Å². The number of aliphatic carboxylic acids is 1. The number of carboxylic acid groups (broad SMARTS) is 1. The van der Waals surface area contributed by atoms with Gasteiger partial charge in [-0.25, -0.2) is 9.78 Å². The summed E-state index contributed by atoms with van der Waals surface area (Å²) in [6.45, 7) is 0. The van der Waals surface area contributed by atoms with E-state index < -0.39 is 5.97 Å². The van der Waals surface area contributed by atoms with Crippen LogP contribution in [-0.2, 0) is 4.79 Å². The van der Waals surface area contributed by atoms with Crippen molar-refractivity contribution in [3.63, 3.8) is 0 Å². The summed E-state index contributed by atoms with van der Waals surface area (Å²) in [7, 11) is 0. The Bertz CT molecular complexity index is 696. The Kier molecular flexibility index (Phi) is 4.68. The third-order valence-electron chi connectivity index (χ3n) is 2.55. The van der Waals surface area contributed by atoms with Gasteiger partial charge >= 0.3 is 5.97 Å². The second kappa shape index (κ2) is 6.67. The second-order valence-electron chi connectivity index (χ2n) is 4.12. The van der Waals surface area contributed by atoms with Crippen LogP contribution in [0.5, 0.6) is 0 Å². The molecule has 1 amide bonds. The summed E-state index contributed by atoms with van der Waals surface area (Å²) >= 11 is 5.66. The van der Waals surface area contributed by atoms with Crippen LogP contribution in [0.2, 0.25) is 5.15 Å². The molecule has 0 saturated carbocycles. The molecule has 0 aliphatic carbocycles. The van der Waals surface area contributed by atoms with Gasteiger partial charge in [-0.1, -0.05) is 23.7 Å². The van der Waals surface area contributed by atoms with Gasteiger partial charge in [0.05, 0.1) is 5.56 Å². The van der Waals surface area contributed by atoms with E-state index in [0.29, 0.717) is 22.0 Å². The first kappa shape index (κ1) is 14.7. The van der Waals surface area contributed by atoms with Gasteiger partial charge in [0.25, 0.3) is 5.91 Å². The van der Waals surface area contributed by atoms with Crippen LogP contribution in [0.4, 0.5) is 5.69 Å². The Hall–Kier alpha value is -2.66. The van der Waals surface area contributed by atoms with Gasteiger partial charge in [-0.3, -0.25) is 4.79 Å². The zero-order valence-electron chi connectivity index (χ0n) is 10.8. The number of anilines is 1. The highest BCUT2D eigenvalue weighted by Crippen LogP contribution is 2.14. The zero-order valence-corrected chi connectivity index (χ0v) is 11.5. The van der Waals surface area contributed by atoms with Crippen molar-refractivity contribution in [2.24, 2.45) is 0 Å². The van der Waals surface area contributed by atoms with Crippen LogP contribution in [0.1, 0.15) is 15.9 Å². The number of nitrogens with zero attached hydrogens (tertiary/aromatic N) is 1. The molecule has 1 aromatic heterocycles. The van der Waals surface area contributed by atoms with Gasteiger partial charge in [0.15, 0.2) is 0 Å². The smallest absolute Gasteiger partial charge is 0.328 e. The maximum absolute atomic E-state index is 12.0. The van der Waals surface area contributed by atoms with E-state index in [1.807, 2.05) is 0 Å². The average molecular weight is 303 g/mol. The maximum Gasteiger partial charge on any atom is 0.328 e. The van der Waals surface area contributed by atoms with Gasteiger partial charge in [0, 0.05) is 18.0 Å². The fourth-order valence-corrected chi connectivity index (χ4v) is 1.71. The van der Waals surface area contributed by atoms with Crippen LogP contribution >= 0.6 is 11.6 Å². The van der Waals surface area contributed by atoms with Crippen molar-refractivity contribution in [2.75, 3.05) is 5.32 Å². The number of hydrogen-bond acceptors (Lipinski definition) is 3. The lowest BCUT2D eigenvalue weighted by molar-refractivity contribution is -0.131. The second-order valence-corrected chi connectivity index (χ2v) is 4.51. The fourth-order valence-electron chi connectivity index (χ4n) is 1.60. The molecular formula is C15H11ClN2O3. The molecule has 2 N–H and O–H groups in total.